The first kappa shape index (κ1) is 13.3. The second-order valence-corrected chi connectivity index (χ2v) is 4.21. The fourth-order valence-corrected chi connectivity index (χ4v) is 1.98. The van der Waals surface area contributed by atoms with Crippen molar-refractivity contribution in [2.24, 2.45) is 10.7 Å². The van der Waals surface area contributed by atoms with Gasteiger partial charge in [-0.15, -0.1) is 10.2 Å². The summed E-state index contributed by atoms with van der Waals surface area (Å²) in [5.74, 6) is 1.51. The fourth-order valence-electron chi connectivity index (χ4n) is 1.98. The van der Waals surface area contributed by atoms with Crippen molar-refractivity contribution < 1.29 is 0 Å². The maximum atomic E-state index is 5.92. The minimum absolute atomic E-state index is 0.596. The van der Waals surface area contributed by atoms with Gasteiger partial charge in [0.1, 0.15) is 5.82 Å². The van der Waals surface area contributed by atoms with Gasteiger partial charge in [-0.25, -0.2) is 0 Å². The van der Waals surface area contributed by atoms with E-state index < -0.39 is 0 Å². The van der Waals surface area contributed by atoms with E-state index in [2.05, 4.69) is 29.0 Å². The first-order chi connectivity index (χ1) is 9.26. The molecule has 0 aliphatic carbocycles. The maximum Gasteiger partial charge on any atom is 0.191 e. The predicted octanol–water partition coefficient (Wildman–Crippen LogP) is 0.928. The average molecular weight is 260 g/mol. The van der Waals surface area contributed by atoms with E-state index in [9.17, 15) is 0 Å². The van der Waals surface area contributed by atoms with Crippen molar-refractivity contribution in [1.82, 2.24) is 19.5 Å². The molecule has 2 aromatic heterocycles. The highest BCUT2D eigenvalue weighted by molar-refractivity contribution is 5.77. The van der Waals surface area contributed by atoms with Gasteiger partial charge < -0.3 is 10.6 Å². The summed E-state index contributed by atoms with van der Waals surface area (Å²) in [5.41, 5.74) is 6.78. The van der Waals surface area contributed by atoms with Crippen LogP contribution in [-0.2, 0) is 6.42 Å². The summed E-state index contributed by atoms with van der Waals surface area (Å²) in [6.07, 6.45) is 2.69. The van der Waals surface area contributed by atoms with Crippen LogP contribution in [-0.4, -0.2) is 45.1 Å². The molecule has 0 aliphatic heterocycles. The van der Waals surface area contributed by atoms with Crippen LogP contribution >= 0.6 is 0 Å². The smallest absolute Gasteiger partial charge is 0.191 e. The lowest BCUT2D eigenvalue weighted by molar-refractivity contribution is 0.458. The highest BCUT2D eigenvalue weighted by atomic mass is 15.3. The van der Waals surface area contributed by atoms with Crippen molar-refractivity contribution in [2.45, 2.75) is 20.3 Å². The number of pyridine rings is 1. The third-order valence-electron chi connectivity index (χ3n) is 3.08. The molecule has 0 fully saturated rings. The van der Waals surface area contributed by atoms with Gasteiger partial charge >= 0.3 is 0 Å². The number of fused-ring (bicyclic) bond motifs is 1. The predicted molar refractivity (Wildman–Crippen MR) is 76.1 cm³/mol. The maximum absolute atomic E-state index is 5.92. The second-order valence-electron chi connectivity index (χ2n) is 4.21. The summed E-state index contributed by atoms with van der Waals surface area (Å²) < 4.78 is 1.98. The molecule has 2 N–H and O–H groups in total. The molecule has 0 atom stereocenters. The molecule has 2 aromatic rings. The zero-order valence-electron chi connectivity index (χ0n) is 11.5. The van der Waals surface area contributed by atoms with Gasteiger partial charge in [0.2, 0.25) is 0 Å². The summed E-state index contributed by atoms with van der Waals surface area (Å²) in [6.45, 7) is 6.51. The van der Waals surface area contributed by atoms with Crippen LogP contribution in [0.25, 0.3) is 5.65 Å². The van der Waals surface area contributed by atoms with Gasteiger partial charge in [0.05, 0.1) is 0 Å². The van der Waals surface area contributed by atoms with Crippen LogP contribution in [0.3, 0.4) is 0 Å². The Labute approximate surface area is 113 Å². The monoisotopic (exact) mass is 260 g/mol. The number of hydrogen-bond acceptors (Lipinski definition) is 3. The Bertz CT molecular complexity index is 555. The molecule has 0 unspecified atom stereocenters. The van der Waals surface area contributed by atoms with Crippen molar-refractivity contribution >= 4 is 11.6 Å². The third kappa shape index (κ3) is 3.01. The van der Waals surface area contributed by atoms with Gasteiger partial charge in [-0.2, -0.15) is 0 Å². The molecule has 2 heterocycles. The topological polar surface area (TPSA) is 71.8 Å². The van der Waals surface area contributed by atoms with Crippen molar-refractivity contribution in [2.75, 3.05) is 19.6 Å². The normalized spacial score (nSPS) is 12.0. The van der Waals surface area contributed by atoms with Gasteiger partial charge in [-0.05, 0) is 26.0 Å². The summed E-state index contributed by atoms with van der Waals surface area (Å²) in [7, 11) is 0. The van der Waals surface area contributed by atoms with Crippen molar-refractivity contribution in [3.05, 3.63) is 30.2 Å². The minimum atomic E-state index is 0.596. The standard InChI is InChI=1S/C13H20N6/c1-3-18(4-2)13(14)15-9-8-12-17-16-11-7-5-6-10-19(11)12/h5-7,10H,3-4,8-9H2,1-2H3,(H2,14,15). The molecule has 0 bridgehead atoms. The summed E-state index contributed by atoms with van der Waals surface area (Å²) in [5, 5.41) is 8.27. The second kappa shape index (κ2) is 6.17. The number of hydrogen-bond donors (Lipinski definition) is 1. The summed E-state index contributed by atoms with van der Waals surface area (Å²) >= 11 is 0. The van der Waals surface area contributed by atoms with Crippen LogP contribution in [0.4, 0.5) is 0 Å². The van der Waals surface area contributed by atoms with Crippen LogP contribution in [0.15, 0.2) is 29.4 Å². The molecule has 19 heavy (non-hydrogen) atoms. The highest BCUT2D eigenvalue weighted by Crippen LogP contribution is 2.03. The molecule has 0 saturated heterocycles. The van der Waals surface area contributed by atoms with Crippen LogP contribution < -0.4 is 5.73 Å². The van der Waals surface area contributed by atoms with E-state index in [0.717, 1.165) is 31.0 Å². The molecule has 0 spiro atoms. The molecule has 0 amide bonds. The molecular formula is C13H20N6. The van der Waals surface area contributed by atoms with Crippen LogP contribution in [0.1, 0.15) is 19.7 Å². The molecule has 2 rings (SSSR count). The molecule has 0 aromatic carbocycles. The first-order valence-corrected chi connectivity index (χ1v) is 6.59. The number of guanidine groups is 1. The van der Waals surface area contributed by atoms with Gasteiger partial charge in [0.25, 0.3) is 0 Å². The minimum Gasteiger partial charge on any atom is -0.370 e. The van der Waals surface area contributed by atoms with E-state index in [1.54, 1.807) is 0 Å². The number of nitrogens with two attached hydrogens (primary N) is 1. The molecule has 6 nitrogen and oxygen atoms in total. The first-order valence-electron chi connectivity index (χ1n) is 6.59. The van der Waals surface area contributed by atoms with E-state index in [0.29, 0.717) is 12.5 Å². The fraction of sp³-hybridized carbons (Fsp3) is 0.462. The molecule has 0 saturated carbocycles. The van der Waals surface area contributed by atoms with Gasteiger partial charge in [-0.1, -0.05) is 6.07 Å². The zero-order valence-corrected chi connectivity index (χ0v) is 11.5. The Morgan fingerprint density at radius 2 is 2.11 bits per heavy atom. The highest BCUT2D eigenvalue weighted by Gasteiger charge is 2.05. The largest absolute Gasteiger partial charge is 0.370 e. The van der Waals surface area contributed by atoms with E-state index in [1.165, 1.54) is 0 Å². The van der Waals surface area contributed by atoms with E-state index in [1.807, 2.05) is 33.7 Å². The lowest BCUT2D eigenvalue weighted by atomic mass is 10.4. The zero-order chi connectivity index (χ0) is 13.7. The average Bonchev–Trinajstić information content (AvgIpc) is 2.84. The van der Waals surface area contributed by atoms with Gasteiger partial charge in [-0.3, -0.25) is 9.39 Å². The Kier molecular flexibility index (Phi) is 4.33. The van der Waals surface area contributed by atoms with E-state index >= 15 is 0 Å². The van der Waals surface area contributed by atoms with Crippen molar-refractivity contribution in [1.29, 1.82) is 0 Å². The van der Waals surface area contributed by atoms with E-state index in [-0.39, 0.29) is 0 Å². The molecule has 0 radical (unpaired) electrons. The number of rotatable bonds is 5. The molecule has 6 heteroatoms. The third-order valence-corrected chi connectivity index (χ3v) is 3.08. The molecule has 0 aliphatic rings. The summed E-state index contributed by atoms with van der Waals surface area (Å²) in [6, 6.07) is 5.85. The Hall–Kier alpha value is -2.11. The van der Waals surface area contributed by atoms with E-state index in [4.69, 9.17) is 5.73 Å². The number of aliphatic imine (C=N–C) groups is 1. The number of nitrogens with zero attached hydrogens (tertiary/aromatic N) is 5. The quantitative estimate of drug-likeness (QED) is 0.641. The SMILES string of the molecule is CCN(CC)C(N)=NCCc1nnc2ccccn12. The lowest BCUT2D eigenvalue weighted by Crippen LogP contribution is -2.37. The van der Waals surface area contributed by atoms with Gasteiger partial charge in [0.15, 0.2) is 11.6 Å². The van der Waals surface area contributed by atoms with Crippen LogP contribution in [0.5, 0.6) is 0 Å². The Morgan fingerprint density at radius 3 is 2.84 bits per heavy atom. The molecular weight excluding hydrogens is 240 g/mol. The van der Waals surface area contributed by atoms with Crippen molar-refractivity contribution in [3.8, 4) is 0 Å². The lowest BCUT2D eigenvalue weighted by Gasteiger charge is -2.19. The van der Waals surface area contributed by atoms with Crippen LogP contribution in [0, 0.1) is 0 Å². The summed E-state index contributed by atoms with van der Waals surface area (Å²) in [4.78, 5) is 6.42. The van der Waals surface area contributed by atoms with Crippen molar-refractivity contribution in [3.63, 3.8) is 0 Å². The number of aromatic nitrogens is 3. The Morgan fingerprint density at radius 1 is 1.32 bits per heavy atom. The molecule has 102 valence electrons. The van der Waals surface area contributed by atoms with Crippen LogP contribution in [0.2, 0.25) is 0 Å². The Balaban J connectivity index is 2.01. The van der Waals surface area contributed by atoms with Gasteiger partial charge in [0, 0.05) is 32.3 Å².